The summed E-state index contributed by atoms with van der Waals surface area (Å²) in [5, 5.41) is 0.926. The van der Waals surface area contributed by atoms with Crippen LogP contribution in [0.2, 0.25) is 0 Å². The Hall–Kier alpha value is -1.97. The number of aryl methyl sites for hydroxylation is 2. The van der Waals surface area contributed by atoms with E-state index in [-0.39, 0.29) is 6.09 Å². The van der Waals surface area contributed by atoms with Crippen LogP contribution >= 0.6 is 0 Å². The maximum atomic E-state index is 11.8. The Balaban J connectivity index is 2.85. The topological polar surface area (TPSA) is 40.5 Å². The van der Waals surface area contributed by atoms with Crippen molar-refractivity contribution in [3.63, 3.8) is 0 Å². The highest BCUT2D eigenvalue weighted by Crippen LogP contribution is 2.31. The summed E-state index contributed by atoms with van der Waals surface area (Å²) in [6, 6.07) is 5.76. The molecule has 0 spiro atoms. The molecule has 4 nitrogen and oxygen atoms in total. The Morgan fingerprint density at radius 2 is 1.94 bits per heavy atom. The standard InChI is InChI=1S/C13H15NO3/c1-8-5-6-11(16-3)10-7-9(2)14(12(8)10)13(15)17-4/h5-7H,1-4H3. The molecule has 0 aliphatic heterocycles. The summed E-state index contributed by atoms with van der Waals surface area (Å²) >= 11 is 0. The van der Waals surface area contributed by atoms with E-state index in [1.807, 2.05) is 32.0 Å². The zero-order valence-corrected chi connectivity index (χ0v) is 10.4. The Morgan fingerprint density at radius 1 is 1.24 bits per heavy atom. The van der Waals surface area contributed by atoms with Crippen molar-refractivity contribution in [2.45, 2.75) is 13.8 Å². The molecular formula is C13H15NO3. The average molecular weight is 233 g/mol. The largest absolute Gasteiger partial charge is 0.496 e. The summed E-state index contributed by atoms with van der Waals surface area (Å²) in [4.78, 5) is 11.8. The van der Waals surface area contributed by atoms with Crippen LogP contribution in [0.15, 0.2) is 18.2 Å². The van der Waals surface area contributed by atoms with Crippen molar-refractivity contribution in [3.8, 4) is 5.75 Å². The summed E-state index contributed by atoms with van der Waals surface area (Å²) in [5.41, 5.74) is 2.69. The van der Waals surface area contributed by atoms with E-state index in [0.717, 1.165) is 27.9 Å². The van der Waals surface area contributed by atoms with Crippen LogP contribution in [-0.2, 0) is 4.74 Å². The normalized spacial score (nSPS) is 10.6. The van der Waals surface area contributed by atoms with E-state index in [4.69, 9.17) is 9.47 Å². The van der Waals surface area contributed by atoms with Crippen molar-refractivity contribution in [1.82, 2.24) is 4.57 Å². The lowest BCUT2D eigenvalue weighted by atomic mass is 10.1. The molecular weight excluding hydrogens is 218 g/mol. The van der Waals surface area contributed by atoms with Gasteiger partial charge < -0.3 is 9.47 Å². The van der Waals surface area contributed by atoms with Crippen LogP contribution in [0.3, 0.4) is 0 Å². The second kappa shape index (κ2) is 4.13. The van der Waals surface area contributed by atoms with Crippen LogP contribution in [-0.4, -0.2) is 24.9 Å². The van der Waals surface area contributed by atoms with Crippen LogP contribution in [0.1, 0.15) is 11.3 Å². The molecule has 0 saturated carbocycles. The molecule has 90 valence electrons. The van der Waals surface area contributed by atoms with E-state index < -0.39 is 0 Å². The smallest absolute Gasteiger partial charge is 0.418 e. The van der Waals surface area contributed by atoms with Crippen LogP contribution in [0.5, 0.6) is 5.75 Å². The Bertz CT molecular complexity index is 584. The lowest BCUT2D eigenvalue weighted by Crippen LogP contribution is -2.13. The second-order valence-electron chi connectivity index (χ2n) is 3.94. The Morgan fingerprint density at radius 3 is 2.53 bits per heavy atom. The van der Waals surface area contributed by atoms with Crippen molar-refractivity contribution < 1.29 is 14.3 Å². The van der Waals surface area contributed by atoms with Gasteiger partial charge in [-0.1, -0.05) is 6.07 Å². The minimum atomic E-state index is -0.381. The van der Waals surface area contributed by atoms with Gasteiger partial charge in [-0.2, -0.15) is 0 Å². The lowest BCUT2D eigenvalue weighted by molar-refractivity contribution is 0.173. The highest BCUT2D eigenvalue weighted by Gasteiger charge is 2.17. The highest BCUT2D eigenvalue weighted by atomic mass is 16.5. The van der Waals surface area contributed by atoms with Crippen molar-refractivity contribution in [1.29, 1.82) is 0 Å². The molecule has 1 aromatic carbocycles. The summed E-state index contributed by atoms with van der Waals surface area (Å²) in [6.45, 7) is 3.83. The van der Waals surface area contributed by atoms with Crippen molar-refractivity contribution >= 4 is 17.0 Å². The van der Waals surface area contributed by atoms with Gasteiger partial charge in [0.15, 0.2) is 0 Å². The molecule has 1 heterocycles. The lowest BCUT2D eigenvalue weighted by Gasteiger charge is -2.08. The molecule has 0 amide bonds. The van der Waals surface area contributed by atoms with E-state index >= 15 is 0 Å². The summed E-state index contributed by atoms with van der Waals surface area (Å²) in [5.74, 6) is 0.761. The number of benzene rings is 1. The number of hydrogen-bond acceptors (Lipinski definition) is 3. The summed E-state index contributed by atoms with van der Waals surface area (Å²) < 4.78 is 11.7. The predicted molar refractivity (Wildman–Crippen MR) is 65.8 cm³/mol. The molecule has 0 bridgehead atoms. The predicted octanol–water partition coefficient (Wildman–Crippen LogP) is 2.88. The minimum Gasteiger partial charge on any atom is -0.496 e. The number of ether oxygens (including phenoxy) is 2. The highest BCUT2D eigenvalue weighted by molar-refractivity contribution is 5.96. The van der Waals surface area contributed by atoms with E-state index in [9.17, 15) is 4.79 Å². The molecule has 0 aliphatic carbocycles. The number of methoxy groups -OCH3 is 2. The van der Waals surface area contributed by atoms with E-state index in [1.54, 1.807) is 11.7 Å². The minimum absolute atomic E-state index is 0.381. The van der Waals surface area contributed by atoms with E-state index in [2.05, 4.69) is 0 Å². The molecule has 1 aromatic heterocycles. The molecule has 0 unspecified atom stereocenters. The molecule has 0 fully saturated rings. The average Bonchev–Trinajstić information content (AvgIpc) is 2.67. The molecule has 0 radical (unpaired) electrons. The third-order valence-electron chi connectivity index (χ3n) is 2.89. The van der Waals surface area contributed by atoms with Crippen LogP contribution in [0, 0.1) is 13.8 Å². The molecule has 0 N–H and O–H groups in total. The third-order valence-corrected chi connectivity index (χ3v) is 2.89. The molecule has 4 heteroatoms. The first-order chi connectivity index (χ1) is 8.10. The van der Waals surface area contributed by atoms with Gasteiger partial charge in [-0.15, -0.1) is 0 Å². The monoisotopic (exact) mass is 233 g/mol. The SMILES string of the molecule is COC(=O)n1c(C)cc2c(OC)ccc(C)c21. The fourth-order valence-corrected chi connectivity index (χ4v) is 2.09. The third kappa shape index (κ3) is 1.65. The maximum Gasteiger partial charge on any atom is 0.418 e. The first-order valence-corrected chi connectivity index (χ1v) is 5.34. The fourth-order valence-electron chi connectivity index (χ4n) is 2.09. The first kappa shape index (κ1) is 11.5. The number of nitrogens with zero attached hydrogens (tertiary/aromatic N) is 1. The number of carbonyl (C=O) groups excluding carboxylic acids is 1. The van der Waals surface area contributed by atoms with Crippen LogP contribution in [0.4, 0.5) is 4.79 Å². The zero-order chi connectivity index (χ0) is 12.6. The number of rotatable bonds is 1. The van der Waals surface area contributed by atoms with Gasteiger partial charge in [-0.3, -0.25) is 0 Å². The van der Waals surface area contributed by atoms with E-state index in [1.165, 1.54) is 7.11 Å². The number of hydrogen-bond donors (Lipinski definition) is 0. The second-order valence-corrected chi connectivity index (χ2v) is 3.94. The van der Waals surface area contributed by atoms with Crippen molar-refractivity contribution in [3.05, 3.63) is 29.5 Å². The summed E-state index contributed by atoms with van der Waals surface area (Å²) in [7, 11) is 3.00. The molecule has 0 aliphatic rings. The molecule has 2 aromatic rings. The van der Waals surface area contributed by atoms with Gasteiger partial charge in [0.25, 0.3) is 0 Å². The van der Waals surface area contributed by atoms with Gasteiger partial charge in [-0.05, 0) is 31.5 Å². The molecule has 2 rings (SSSR count). The van der Waals surface area contributed by atoms with E-state index in [0.29, 0.717) is 0 Å². The van der Waals surface area contributed by atoms with Crippen LogP contribution < -0.4 is 4.74 Å². The Labute approximate surface area is 99.7 Å². The molecule has 17 heavy (non-hydrogen) atoms. The van der Waals surface area contributed by atoms with Gasteiger partial charge >= 0.3 is 6.09 Å². The van der Waals surface area contributed by atoms with Gasteiger partial charge in [-0.25, -0.2) is 9.36 Å². The molecule has 0 atom stereocenters. The maximum absolute atomic E-state index is 11.8. The number of fused-ring (bicyclic) bond motifs is 1. The zero-order valence-electron chi connectivity index (χ0n) is 10.4. The van der Waals surface area contributed by atoms with Crippen LogP contribution in [0.25, 0.3) is 10.9 Å². The van der Waals surface area contributed by atoms with Gasteiger partial charge in [0, 0.05) is 11.1 Å². The fraction of sp³-hybridized carbons (Fsp3) is 0.308. The quantitative estimate of drug-likeness (QED) is 0.760. The number of carbonyl (C=O) groups is 1. The molecule has 0 saturated heterocycles. The van der Waals surface area contributed by atoms with Crippen molar-refractivity contribution in [2.24, 2.45) is 0 Å². The van der Waals surface area contributed by atoms with Gasteiger partial charge in [0.1, 0.15) is 5.75 Å². The first-order valence-electron chi connectivity index (χ1n) is 5.34. The van der Waals surface area contributed by atoms with Crippen molar-refractivity contribution in [2.75, 3.05) is 14.2 Å². The number of aromatic nitrogens is 1. The van der Waals surface area contributed by atoms with Gasteiger partial charge in [0.2, 0.25) is 0 Å². The Kier molecular flexibility index (Phi) is 2.79. The van der Waals surface area contributed by atoms with Gasteiger partial charge in [0.05, 0.1) is 19.7 Å². The summed E-state index contributed by atoms with van der Waals surface area (Å²) in [6.07, 6.45) is -0.381.